The van der Waals surface area contributed by atoms with Gasteiger partial charge in [-0.05, 0) is 41.5 Å². The fraction of sp³-hybridized carbons (Fsp3) is 0.333. The summed E-state index contributed by atoms with van der Waals surface area (Å²) in [6, 6.07) is 14.2. The highest BCUT2D eigenvalue weighted by atomic mass is 16.4. The zero-order chi connectivity index (χ0) is 15.2. The van der Waals surface area contributed by atoms with Crippen LogP contribution in [0.3, 0.4) is 0 Å². The predicted octanol–water partition coefficient (Wildman–Crippen LogP) is 1.51. The first kappa shape index (κ1) is 18.4. The number of aryl methyl sites for hydroxylation is 2. The van der Waals surface area contributed by atoms with E-state index < -0.39 is 0 Å². The molecular weight excluding hydrogens is 273 g/mol. The summed E-state index contributed by atoms with van der Waals surface area (Å²) in [5.41, 5.74) is 11.1. The maximum Gasteiger partial charge on any atom is 0.361 e. The molecular formula is C18H26BNO2. The first-order valence-electron chi connectivity index (χ1n) is 7.24. The fourth-order valence-electron chi connectivity index (χ4n) is 2.35. The van der Waals surface area contributed by atoms with Gasteiger partial charge in [0.25, 0.3) is 0 Å². The van der Waals surface area contributed by atoms with Gasteiger partial charge in [-0.25, -0.2) is 0 Å². The lowest BCUT2D eigenvalue weighted by molar-refractivity contribution is 0.282. The first-order chi connectivity index (χ1) is 10.2. The molecule has 0 aliphatic carbocycles. The molecule has 0 saturated carbocycles. The zero-order valence-electron chi connectivity index (χ0n) is 12.7. The van der Waals surface area contributed by atoms with Gasteiger partial charge in [-0.3, -0.25) is 0 Å². The van der Waals surface area contributed by atoms with Crippen molar-refractivity contribution >= 4 is 17.8 Å². The summed E-state index contributed by atoms with van der Waals surface area (Å²) in [7, 11) is 0. The predicted molar refractivity (Wildman–Crippen MR) is 95.0 cm³/mol. The smallest absolute Gasteiger partial charge is 0.361 e. The molecule has 0 aliphatic rings. The van der Waals surface area contributed by atoms with Gasteiger partial charge in [0.05, 0.1) is 6.61 Å². The number of rotatable bonds is 6. The topological polar surface area (TPSA) is 55.5 Å². The molecule has 22 heavy (non-hydrogen) atoms. The molecule has 2 aromatic carbocycles. The maximum atomic E-state index is 9.31. The van der Waals surface area contributed by atoms with E-state index in [1.165, 1.54) is 11.1 Å². The van der Waals surface area contributed by atoms with Gasteiger partial charge in [0.1, 0.15) is 0 Å². The Morgan fingerprint density at radius 1 is 1.05 bits per heavy atom. The van der Waals surface area contributed by atoms with Crippen molar-refractivity contribution in [1.29, 1.82) is 0 Å². The van der Waals surface area contributed by atoms with Crippen molar-refractivity contribution in [2.75, 3.05) is 13.2 Å². The van der Waals surface area contributed by atoms with Crippen LogP contribution in [-0.4, -0.2) is 25.2 Å². The van der Waals surface area contributed by atoms with Gasteiger partial charge >= 0.3 is 6.92 Å². The molecule has 0 unspecified atom stereocenters. The highest BCUT2D eigenvalue weighted by molar-refractivity contribution is 6.80. The minimum Gasteiger partial charge on any atom is -0.426 e. The quantitative estimate of drug-likeness (QED) is 0.795. The molecule has 0 saturated heterocycles. The van der Waals surface area contributed by atoms with Crippen molar-refractivity contribution in [3.8, 4) is 0 Å². The third kappa shape index (κ3) is 4.44. The number of benzene rings is 2. The lowest BCUT2D eigenvalue weighted by Gasteiger charge is -2.17. The lowest BCUT2D eigenvalue weighted by atomic mass is 9.55. The molecule has 0 amide bonds. The Hall–Kier alpha value is -1.62. The van der Waals surface area contributed by atoms with Crippen molar-refractivity contribution in [3.63, 3.8) is 0 Å². The summed E-state index contributed by atoms with van der Waals surface area (Å²) in [4.78, 5) is 0. The Morgan fingerprint density at radius 2 is 1.77 bits per heavy atom. The Bertz CT molecular complexity index is 601. The number of nitrogens with two attached hydrogens (primary N) is 1. The van der Waals surface area contributed by atoms with Gasteiger partial charge in [-0.15, -0.1) is 0 Å². The van der Waals surface area contributed by atoms with Crippen molar-refractivity contribution in [2.24, 2.45) is 5.73 Å². The van der Waals surface area contributed by atoms with Crippen LogP contribution in [-0.2, 0) is 11.3 Å². The number of aliphatic hydroxyl groups is 1. The molecule has 3 N–H and O–H groups in total. The highest BCUT2D eigenvalue weighted by Crippen LogP contribution is 2.05. The average molecular weight is 299 g/mol. The van der Waals surface area contributed by atoms with Crippen LogP contribution in [0, 0.1) is 13.8 Å². The van der Waals surface area contributed by atoms with Crippen LogP contribution >= 0.6 is 0 Å². The monoisotopic (exact) mass is 299 g/mol. The second-order valence-electron chi connectivity index (χ2n) is 5.29. The van der Waals surface area contributed by atoms with Crippen LogP contribution in [0.5, 0.6) is 0 Å². The van der Waals surface area contributed by atoms with Gasteiger partial charge in [0.15, 0.2) is 0 Å². The van der Waals surface area contributed by atoms with Crippen LogP contribution in [0.1, 0.15) is 24.1 Å². The van der Waals surface area contributed by atoms with E-state index >= 15 is 0 Å². The molecule has 0 bridgehead atoms. The standard InChI is InChI=1S/C17H22BNO2.CH4/c1-13-6-7-17(10-14(13)2)18(21-9-8-19)16-5-3-4-15(11-16)12-20;/h3-7,10-11,20H,8-9,12,19H2,1-2H3;1H4. The second-order valence-corrected chi connectivity index (χ2v) is 5.29. The summed E-state index contributed by atoms with van der Waals surface area (Å²) in [6.45, 7) is 5.07. The molecule has 0 fully saturated rings. The van der Waals surface area contributed by atoms with E-state index in [1.807, 2.05) is 24.3 Å². The van der Waals surface area contributed by atoms with Gasteiger partial charge in [-0.1, -0.05) is 49.9 Å². The van der Waals surface area contributed by atoms with Crippen LogP contribution in [0.15, 0.2) is 42.5 Å². The molecule has 0 atom stereocenters. The third-order valence-corrected chi connectivity index (χ3v) is 3.67. The number of hydrogen-bond donors (Lipinski definition) is 2. The summed E-state index contributed by atoms with van der Waals surface area (Å²) in [5.74, 6) is 0. The first-order valence-corrected chi connectivity index (χ1v) is 7.24. The van der Waals surface area contributed by atoms with E-state index in [1.54, 1.807) is 0 Å². The molecule has 3 nitrogen and oxygen atoms in total. The average Bonchev–Trinajstić information content (AvgIpc) is 2.51. The molecule has 0 aromatic heterocycles. The van der Waals surface area contributed by atoms with Crippen molar-refractivity contribution in [1.82, 2.24) is 0 Å². The van der Waals surface area contributed by atoms with Crippen molar-refractivity contribution in [3.05, 3.63) is 59.2 Å². The van der Waals surface area contributed by atoms with Gasteiger partial charge in [-0.2, -0.15) is 0 Å². The van der Waals surface area contributed by atoms with E-state index in [0.29, 0.717) is 13.2 Å². The van der Waals surface area contributed by atoms with Crippen molar-refractivity contribution in [2.45, 2.75) is 27.9 Å². The summed E-state index contributed by atoms with van der Waals surface area (Å²) in [5, 5.41) is 9.31. The molecule has 2 rings (SSSR count). The highest BCUT2D eigenvalue weighted by Gasteiger charge is 2.21. The SMILES string of the molecule is C.Cc1ccc(B(OCCN)c2cccc(CO)c2)cc1C. The second kappa shape index (κ2) is 8.74. The Labute approximate surface area is 134 Å². The van der Waals surface area contributed by atoms with Crippen LogP contribution < -0.4 is 16.7 Å². The molecule has 4 heteroatoms. The van der Waals surface area contributed by atoms with E-state index in [0.717, 1.165) is 16.5 Å². The molecule has 0 aliphatic heterocycles. The summed E-state index contributed by atoms with van der Waals surface area (Å²) in [6.07, 6.45) is 0. The largest absolute Gasteiger partial charge is 0.426 e. The maximum absolute atomic E-state index is 9.31. The van der Waals surface area contributed by atoms with Crippen LogP contribution in [0.25, 0.3) is 0 Å². The summed E-state index contributed by atoms with van der Waals surface area (Å²) < 4.78 is 5.95. The van der Waals surface area contributed by atoms with Gasteiger partial charge < -0.3 is 15.5 Å². The van der Waals surface area contributed by atoms with E-state index in [2.05, 4.69) is 32.0 Å². The molecule has 2 aromatic rings. The van der Waals surface area contributed by atoms with Gasteiger partial charge in [0.2, 0.25) is 0 Å². The normalized spacial score (nSPS) is 10.2. The number of aliphatic hydroxyl groups excluding tert-OH is 1. The van der Waals surface area contributed by atoms with Crippen LogP contribution in [0.2, 0.25) is 0 Å². The van der Waals surface area contributed by atoms with E-state index in [4.69, 9.17) is 10.4 Å². The number of hydrogen-bond acceptors (Lipinski definition) is 3. The van der Waals surface area contributed by atoms with Crippen LogP contribution in [0.4, 0.5) is 0 Å². The van der Waals surface area contributed by atoms with E-state index in [9.17, 15) is 5.11 Å². The third-order valence-electron chi connectivity index (χ3n) is 3.67. The minimum absolute atomic E-state index is 0. The Morgan fingerprint density at radius 3 is 2.41 bits per heavy atom. The molecule has 118 valence electrons. The van der Waals surface area contributed by atoms with Gasteiger partial charge in [0, 0.05) is 13.2 Å². The Kier molecular flexibility index (Phi) is 7.32. The Balaban J connectivity index is 0.00000242. The summed E-state index contributed by atoms with van der Waals surface area (Å²) >= 11 is 0. The zero-order valence-corrected chi connectivity index (χ0v) is 12.7. The molecule has 0 spiro atoms. The van der Waals surface area contributed by atoms with E-state index in [-0.39, 0.29) is 20.9 Å². The minimum atomic E-state index is -0.153. The fourth-order valence-corrected chi connectivity index (χ4v) is 2.35. The molecule has 0 radical (unpaired) electrons. The lowest BCUT2D eigenvalue weighted by Crippen LogP contribution is -2.46. The molecule has 0 heterocycles. The van der Waals surface area contributed by atoms with Crippen molar-refractivity contribution < 1.29 is 9.76 Å².